The van der Waals surface area contributed by atoms with Crippen LogP contribution in [0, 0.1) is 6.92 Å². The molecule has 0 amide bonds. The van der Waals surface area contributed by atoms with Crippen LogP contribution in [0.4, 0.5) is 0 Å². The number of para-hydroxylation sites is 1. The van der Waals surface area contributed by atoms with Crippen LogP contribution in [-0.2, 0) is 0 Å². The van der Waals surface area contributed by atoms with Gasteiger partial charge in [0.05, 0.1) is 15.8 Å². The number of aryl methyl sites for hydroxylation is 1. The molecule has 0 aliphatic carbocycles. The molecule has 1 aromatic heterocycles. The quantitative estimate of drug-likeness (QED) is 0.656. The average Bonchev–Trinajstić information content (AvgIpc) is 2.70. The van der Waals surface area contributed by atoms with Crippen molar-refractivity contribution in [3.05, 3.63) is 50.7 Å². The molecule has 0 saturated carbocycles. The summed E-state index contributed by atoms with van der Waals surface area (Å²) in [6.45, 7) is 4.68. The zero-order chi connectivity index (χ0) is 13.1. The highest BCUT2D eigenvalue weighted by Crippen LogP contribution is 2.41. The van der Waals surface area contributed by atoms with Crippen LogP contribution in [0.2, 0.25) is 4.34 Å². The summed E-state index contributed by atoms with van der Waals surface area (Å²) in [5.74, 6) is 0.920. The Hall–Kier alpha value is -0.510. The lowest BCUT2D eigenvalue weighted by atomic mass is 10.1. The lowest BCUT2D eigenvalue weighted by Gasteiger charge is -2.13. The van der Waals surface area contributed by atoms with Gasteiger partial charge in [-0.15, -0.1) is 11.3 Å². The maximum Gasteiger partial charge on any atom is 0.123 e. The molecule has 96 valence electrons. The van der Waals surface area contributed by atoms with Crippen LogP contribution in [-0.4, -0.2) is 6.61 Å². The fourth-order valence-corrected chi connectivity index (χ4v) is 3.74. The van der Waals surface area contributed by atoms with Gasteiger partial charge in [-0.2, -0.15) is 0 Å². The molecular weight excluding hydrogens is 332 g/mol. The van der Waals surface area contributed by atoms with E-state index in [1.807, 2.05) is 32.0 Å². The molecular formula is C14H14BrClOS. The van der Waals surface area contributed by atoms with E-state index < -0.39 is 0 Å². The van der Waals surface area contributed by atoms with E-state index >= 15 is 0 Å². The van der Waals surface area contributed by atoms with Crippen molar-refractivity contribution < 1.29 is 4.74 Å². The van der Waals surface area contributed by atoms with Crippen molar-refractivity contribution in [1.29, 1.82) is 0 Å². The molecule has 2 aromatic rings. The zero-order valence-electron chi connectivity index (χ0n) is 10.2. The number of hydrogen-bond donors (Lipinski definition) is 0. The van der Waals surface area contributed by atoms with E-state index in [1.54, 1.807) is 11.3 Å². The molecule has 0 spiro atoms. The molecule has 1 atom stereocenters. The Morgan fingerprint density at radius 1 is 1.39 bits per heavy atom. The van der Waals surface area contributed by atoms with E-state index in [0.29, 0.717) is 6.61 Å². The van der Waals surface area contributed by atoms with Crippen molar-refractivity contribution >= 4 is 38.9 Å². The fourth-order valence-electron chi connectivity index (χ4n) is 1.74. The lowest BCUT2D eigenvalue weighted by molar-refractivity contribution is 0.337. The molecule has 0 N–H and O–H groups in total. The predicted octanol–water partition coefficient (Wildman–Crippen LogP) is 5.59. The molecule has 1 unspecified atom stereocenters. The maximum absolute atomic E-state index is 6.13. The van der Waals surface area contributed by atoms with E-state index in [1.165, 1.54) is 4.88 Å². The SMILES string of the molecule is CCOc1ccccc1C(Br)c1cc(C)c(Cl)s1. The molecule has 1 heterocycles. The number of benzene rings is 1. The minimum atomic E-state index is 0.122. The van der Waals surface area contributed by atoms with Crippen LogP contribution in [0.25, 0.3) is 0 Å². The van der Waals surface area contributed by atoms with Crippen molar-refractivity contribution in [2.75, 3.05) is 6.61 Å². The second kappa shape index (κ2) is 6.09. The highest BCUT2D eigenvalue weighted by molar-refractivity contribution is 9.09. The first kappa shape index (κ1) is 13.9. The molecule has 1 nitrogen and oxygen atoms in total. The summed E-state index contributed by atoms with van der Waals surface area (Å²) in [6, 6.07) is 10.2. The molecule has 0 saturated heterocycles. The summed E-state index contributed by atoms with van der Waals surface area (Å²) in [6.07, 6.45) is 0. The standard InChI is InChI=1S/C14H14BrClOS/c1-3-17-11-7-5-4-6-10(11)13(15)12-8-9(2)14(16)18-12/h4-8,13H,3H2,1-2H3. The third kappa shape index (κ3) is 2.90. The number of ether oxygens (including phenoxy) is 1. The van der Waals surface area contributed by atoms with E-state index in [4.69, 9.17) is 16.3 Å². The molecule has 0 bridgehead atoms. The van der Waals surface area contributed by atoms with Gasteiger partial charge >= 0.3 is 0 Å². The van der Waals surface area contributed by atoms with Crippen molar-refractivity contribution in [2.45, 2.75) is 18.7 Å². The summed E-state index contributed by atoms with van der Waals surface area (Å²) in [4.78, 5) is 1.32. The minimum absolute atomic E-state index is 0.122. The minimum Gasteiger partial charge on any atom is -0.494 e. The molecule has 0 radical (unpaired) electrons. The first-order valence-corrected chi connectivity index (χ1v) is 7.86. The van der Waals surface area contributed by atoms with Crippen LogP contribution in [0.3, 0.4) is 0 Å². The van der Waals surface area contributed by atoms with E-state index in [2.05, 4.69) is 28.1 Å². The van der Waals surface area contributed by atoms with Gasteiger partial charge in [0.15, 0.2) is 0 Å². The van der Waals surface area contributed by atoms with E-state index in [9.17, 15) is 0 Å². The monoisotopic (exact) mass is 344 g/mol. The molecule has 2 rings (SSSR count). The van der Waals surface area contributed by atoms with Gasteiger partial charge in [-0.05, 0) is 31.5 Å². The zero-order valence-corrected chi connectivity index (χ0v) is 13.4. The molecule has 18 heavy (non-hydrogen) atoms. The number of halogens is 2. The molecule has 0 aliphatic rings. The van der Waals surface area contributed by atoms with Crippen LogP contribution >= 0.6 is 38.9 Å². The van der Waals surface area contributed by atoms with Crippen molar-refractivity contribution in [1.82, 2.24) is 0 Å². The Morgan fingerprint density at radius 2 is 2.11 bits per heavy atom. The van der Waals surface area contributed by atoms with Crippen molar-refractivity contribution in [3.63, 3.8) is 0 Å². The number of hydrogen-bond acceptors (Lipinski definition) is 2. The third-order valence-corrected chi connectivity index (χ3v) is 5.53. The van der Waals surface area contributed by atoms with Gasteiger partial charge in [0, 0.05) is 10.4 Å². The Bertz CT molecular complexity index is 519. The van der Waals surface area contributed by atoms with Crippen molar-refractivity contribution in [2.24, 2.45) is 0 Å². The van der Waals surface area contributed by atoms with E-state index in [0.717, 1.165) is 21.2 Å². The molecule has 0 fully saturated rings. The van der Waals surface area contributed by atoms with Gasteiger partial charge in [-0.25, -0.2) is 0 Å². The van der Waals surface area contributed by atoms with Gasteiger partial charge in [0.25, 0.3) is 0 Å². The highest BCUT2D eigenvalue weighted by Gasteiger charge is 2.18. The van der Waals surface area contributed by atoms with Crippen LogP contribution < -0.4 is 4.74 Å². The summed E-state index contributed by atoms with van der Waals surface area (Å²) in [5.41, 5.74) is 2.26. The second-order valence-corrected chi connectivity index (χ2v) is 6.54. The van der Waals surface area contributed by atoms with Gasteiger partial charge in [0.2, 0.25) is 0 Å². The Labute approximate surface area is 125 Å². The van der Waals surface area contributed by atoms with Gasteiger partial charge in [-0.3, -0.25) is 0 Å². The normalized spacial score (nSPS) is 12.4. The topological polar surface area (TPSA) is 9.23 Å². The summed E-state index contributed by atoms with van der Waals surface area (Å²) in [5, 5.41) is 0. The number of rotatable bonds is 4. The number of thiophene rings is 1. The third-order valence-electron chi connectivity index (χ3n) is 2.62. The maximum atomic E-state index is 6.13. The predicted molar refractivity (Wildman–Crippen MR) is 82.4 cm³/mol. The summed E-state index contributed by atoms with van der Waals surface area (Å²) < 4.78 is 6.51. The fraction of sp³-hybridized carbons (Fsp3) is 0.286. The van der Waals surface area contributed by atoms with Crippen LogP contribution in [0.15, 0.2) is 30.3 Å². The molecule has 1 aromatic carbocycles. The average molecular weight is 346 g/mol. The Morgan fingerprint density at radius 3 is 2.72 bits per heavy atom. The molecule has 0 aliphatic heterocycles. The van der Waals surface area contributed by atoms with Crippen molar-refractivity contribution in [3.8, 4) is 5.75 Å². The Kier molecular flexibility index (Phi) is 4.71. The smallest absolute Gasteiger partial charge is 0.123 e. The number of alkyl halides is 1. The Balaban J connectivity index is 2.36. The first-order chi connectivity index (χ1) is 8.63. The highest BCUT2D eigenvalue weighted by atomic mass is 79.9. The van der Waals surface area contributed by atoms with Crippen LogP contribution in [0.1, 0.15) is 27.8 Å². The summed E-state index contributed by atoms with van der Waals surface area (Å²) >= 11 is 11.5. The van der Waals surface area contributed by atoms with Gasteiger partial charge in [-0.1, -0.05) is 45.7 Å². The van der Waals surface area contributed by atoms with Gasteiger partial charge < -0.3 is 4.74 Å². The van der Waals surface area contributed by atoms with E-state index in [-0.39, 0.29) is 4.83 Å². The van der Waals surface area contributed by atoms with Gasteiger partial charge in [0.1, 0.15) is 5.75 Å². The first-order valence-electron chi connectivity index (χ1n) is 5.75. The molecule has 4 heteroatoms. The lowest BCUT2D eigenvalue weighted by Crippen LogP contribution is -1.98. The van der Waals surface area contributed by atoms with Crippen LogP contribution in [0.5, 0.6) is 5.75 Å². The largest absolute Gasteiger partial charge is 0.494 e. The second-order valence-electron chi connectivity index (χ2n) is 3.94. The summed E-state index contributed by atoms with van der Waals surface area (Å²) in [7, 11) is 0.